The third-order valence-electron chi connectivity index (χ3n) is 1.46. The molecule has 0 atom stereocenters. The molecule has 0 aliphatic rings. The molecule has 0 aliphatic carbocycles. The Balaban J connectivity index is 2.48. The summed E-state index contributed by atoms with van der Waals surface area (Å²) in [6.45, 7) is 4.20. The van der Waals surface area contributed by atoms with E-state index in [1.165, 1.54) is 12.3 Å². The van der Waals surface area contributed by atoms with Crippen molar-refractivity contribution in [2.24, 2.45) is 5.92 Å². The van der Waals surface area contributed by atoms with E-state index in [9.17, 15) is 9.59 Å². The van der Waals surface area contributed by atoms with Crippen LogP contribution in [0.2, 0.25) is 0 Å². The first-order valence-electron chi connectivity index (χ1n) is 4.57. The Morgan fingerprint density at radius 2 is 2.40 bits per heavy atom. The van der Waals surface area contributed by atoms with Gasteiger partial charge in [-0.25, -0.2) is 14.6 Å². The summed E-state index contributed by atoms with van der Waals surface area (Å²) < 4.78 is 4.85. The fourth-order valence-corrected chi connectivity index (χ4v) is 0.830. The molecule has 0 bridgehead atoms. The number of aromatic amines is 1. The number of carbonyl (C=O) groups is 1. The minimum atomic E-state index is -0.592. The van der Waals surface area contributed by atoms with Crippen LogP contribution in [0.5, 0.6) is 0 Å². The first-order chi connectivity index (χ1) is 7.08. The van der Waals surface area contributed by atoms with Crippen molar-refractivity contribution in [1.82, 2.24) is 9.97 Å². The number of nitrogens with one attached hydrogen (secondary N) is 2. The molecule has 1 amide bonds. The van der Waals surface area contributed by atoms with Crippen molar-refractivity contribution in [3.63, 3.8) is 0 Å². The Labute approximate surface area is 86.7 Å². The minimum Gasteiger partial charge on any atom is -0.449 e. The van der Waals surface area contributed by atoms with E-state index in [4.69, 9.17) is 4.74 Å². The monoisotopic (exact) mass is 211 g/mol. The van der Waals surface area contributed by atoms with Gasteiger partial charge in [-0.1, -0.05) is 13.8 Å². The van der Waals surface area contributed by atoms with E-state index >= 15 is 0 Å². The standard InChI is InChI=1S/C9H13N3O3/c1-6(2)5-15-9(14)12-7-3-4-10-8(13)11-7/h3-4,6H,5H2,1-2H3,(H2,10,11,12,13,14). The van der Waals surface area contributed by atoms with E-state index < -0.39 is 11.8 Å². The maximum Gasteiger partial charge on any atom is 0.412 e. The van der Waals surface area contributed by atoms with Crippen molar-refractivity contribution in [2.45, 2.75) is 13.8 Å². The van der Waals surface area contributed by atoms with Crippen LogP contribution >= 0.6 is 0 Å². The zero-order valence-electron chi connectivity index (χ0n) is 8.61. The number of hydrogen-bond acceptors (Lipinski definition) is 4. The highest BCUT2D eigenvalue weighted by Crippen LogP contribution is 1.99. The van der Waals surface area contributed by atoms with Gasteiger partial charge in [-0.15, -0.1) is 0 Å². The third-order valence-corrected chi connectivity index (χ3v) is 1.46. The molecule has 6 nitrogen and oxygen atoms in total. The molecule has 0 saturated carbocycles. The molecule has 0 saturated heterocycles. The number of H-pyrrole nitrogens is 1. The molecule has 1 rings (SSSR count). The Hall–Kier alpha value is -1.85. The van der Waals surface area contributed by atoms with Crippen LogP contribution in [0, 0.1) is 5.92 Å². The van der Waals surface area contributed by atoms with Crippen LogP contribution < -0.4 is 11.0 Å². The van der Waals surface area contributed by atoms with E-state index in [0.29, 0.717) is 6.61 Å². The molecule has 15 heavy (non-hydrogen) atoms. The Morgan fingerprint density at radius 3 is 3.00 bits per heavy atom. The average molecular weight is 211 g/mol. The number of nitrogens with zero attached hydrogens (tertiary/aromatic N) is 1. The minimum absolute atomic E-state index is 0.267. The summed E-state index contributed by atoms with van der Waals surface area (Å²) in [7, 11) is 0. The van der Waals surface area contributed by atoms with Crippen molar-refractivity contribution >= 4 is 11.9 Å². The zero-order valence-corrected chi connectivity index (χ0v) is 8.61. The van der Waals surface area contributed by atoms with Gasteiger partial charge >= 0.3 is 11.8 Å². The Kier molecular flexibility index (Phi) is 3.84. The van der Waals surface area contributed by atoms with Crippen LogP contribution in [0.3, 0.4) is 0 Å². The fourth-order valence-electron chi connectivity index (χ4n) is 0.830. The lowest BCUT2D eigenvalue weighted by Crippen LogP contribution is -2.20. The van der Waals surface area contributed by atoms with Crippen molar-refractivity contribution in [1.29, 1.82) is 0 Å². The number of amides is 1. The second-order valence-corrected chi connectivity index (χ2v) is 3.41. The number of hydrogen-bond donors (Lipinski definition) is 2. The number of carbonyl (C=O) groups excluding carboxylic acids is 1. The number of aromatic nitrogens is 2. The van der Waals surface area contributed by atoms with Gasteiger partial charge in [0.05, 0.1) is 6.61 Å². The molecule has 0 fully saturated rings. The smallest absolute Gasteiger partial charge is 0.412 e. The summed E-state index contributed by atoms with van der Waals surface area (Å²) in [6.07, 6.45) is 0.710. The lowest BCUT2D eigenvalue weighted by atomic mass is 10.2. The average Bonchev–Trinajstić information content (AvgIpc) is 2.15. The first kappa shape index (κ1) is 11.2. The molecule has 0 aliphatic heterocycles. The lowest BCUT2D eigenvalue weighted by Gasteiger charge is -2.07. The summed E-state index contributed by atoms with van der Waals surface area (Å²) >= 11 is 0. The van der Waals surface area contributed by atoms with Crippen LogP contribution in [0.15, 0.2) is 17.1 Å². The van der Waals surface area contributed by atoms with Gasteiger partial charge in [-0.05, 0) is 12.0 Å². The van der Waals surface area contributed by atoms with Gasteiger partial charge in [0.2, 0.25) is 0 Å². The molecule has 6 heteroatoms. The highest BCUT2D eigenvalue weighted by Gasteiger charge is 2.04. The molecule has 2 N–H and O–H groups in total. The number of rotatable bonds is 3. The number of ether oxygens (including phenoxy) is 1. The molecule has 82 valence electrons. The van der Waals surface area contributed by atoms with Gasteiger partial charge in [0.1, 0.15) is 5.82 Å². The summed E-state index contributed by atoms with van der Waals surface area (Å²) in [4.78, 5) is 27.7. The molecule has 1 aromatic heterocycles. The fraction of sp³-hybridized carbons (Fsp3) is 0.444. The summed E-state index contributed by atoms with van der Waals surface area (Å²) in [5.41, 5.74) is -0.517. The topological polar surface area (TPSA) is 84.1 Å². The van der Waals surface area contributed by atoms with E-state index in [1.54, 1.807) is 0 Å². The van der Waals surface area contributed by atoms with Gasteiger partial charge < -0.3 is 4.74 Å². The maximum absolute atomic E-state index is 11.2. The van der Waals surface area contributed by atoms with E-state index in [1.807, 2.05) is 13.8 Å². The van der Waals surface area contributed by atoms with Crippen molar-refractivity contribution < 1.29 is 9.53 Å². The summed E-state index contributed by atoms with van der Waals surface area (Å²) in [6, 6.07) is 1.47. The first-order valence-corrected chi connectivity index (χ1v) is 4.57. The van der Waals surface area contributed by atoms with Gasteiger partial charge in [-0.2, -0.15) is 0 Å². The Bertz CT molecular complexity index is 386. The van der Waals surface area contributed by atoms with Crippen molar-refractivity contribution in [3.05, 3.63) is 22.7 Å². The maximum atomic E-state index is 11.2. The highest BCUT2D eigenvalue weighted by atomic mass is 16.5. The second kappa shape index (κ2) is 5.14. The van der Waals surface area contributed by atoms with Gasteiger partial charge in [0.25, 0.3) is 0 Å². The predicted octanol–water partition coefficient (Wildman–Crippen LogP) is 0.974. The quantitative estimate of drug-likeness (QED) is 0.780. The van der Waals surface area contributed by atoms with Crippen molar-refractivity contribution in [2.75, 3.05) is 11.9 Å². The molecule has 1 aromatic rings. The number of anilines is 1. The van der Waals surface area contributed by atoms with Crippen LogP contribution in [0.1, 0.15) is 13.8 Å². The Morgan fingerprint density at radius 1 is 1.67 bits per heavy atom. The van der Waals surface area contributed by atoms with E-state index in [0.717, 1.165) is 0 Å². The van der Waals surface area contributed by atoms with Gasteiger partial charge in [-0.3, -0.25) is 10.3 Å². The van der Waals surface area contributed by atoms with Crippen LogP contribution in [-0.4, -0.2) is 22.7 Å². The zero-order chi connectivity index (χ0) is 11.3. The largest absolute Gasteiger partial charge is 0.449 e. The third kappa shape index (κ3) is 4.26. The van der Waals surface area contributed by atoms with Crippen LogP contribution in [-0.2, 0) is 4.74 Å². The summed E-state index contributed by atoms with van der Waals surface area (Å²) in [5, 5.41) is 2.38. The second-order valence-electron chi connectivity index (χ2n) is 3.41. The van der Waals surface area contributed by atoms with Crippen molar-refractivity contribution in [3.8, 4) is 0 Å². The normalized spacial score (nSPS) is 10.1. The lowest BCUT2D eigenvalue weighted by molar-refractivity contribution is 0.147. The van der Waals surface area contributed by atoms with Gasteiger partial charge in [0.15, 0.2) is 0 Å². The molecule has 1 heterocycles. The van der Waals surface area contributed by atoms with E-state index in [-0.39, 0.29) is 11.7 Å². The molecular weight excluding hydrogens is 198 g/mol. The highest BCUT2D eigenvalue weighted by molar-refractivity contribution is 5.83. The molecule has 0 radical (unpaired) electrons. The van der Waals surface area contributed by atoms with Crippen LogP contribution in [0.4, 0.5) is 10.6 Å². The SMILES string of the molecule is CC(C)COC(=O)Nc1ccnc(=O)[nH]1. The van der Waals surface area contributed by atoms with Crippen LogP contribution in [0.25, 0.3) is 0 Å². The van der Waals surface area contributed by atoms with Gasteiger partial charge in [0, 0.05) is 6.20 Å². The molecule has 0 spiro atoms. The van der Waals surface area contributed by atoms with E-state index in [2.05, 4.69) is 15.3 Å². The molecular formula is C9H13N3O3. The molecule has 0 unspecified atom stereocenters. The summed E-state index contributed by atoms with van der Waals surface area (Å²) in [5.74, 6) is 0.538. The predicted molar refractivity (Wildman–Crippen MR) is 54.7 cm³/mol. The molecule has 0 aromatic carbocycles.